The highest BCUT2D eigenvalue weighted by Crippen LogP contribution is 2.46. The Bertz CT molecular complexity index is 2830. The van der Waals surface area contributed by atoms with E-state index in [9.17, 15) is 0 Å². The van der Waals surface area contributed by atoms with E-state index in [1.807, 2.05) is 22.7 Å². The molecule has 10 rings (SSSR count). The molecular formula is C46H29NS2. The number of anilines is 3. The zero-order chi connectivity index (χ0) is 32.3. The summed E-state index contributed by atoms with van der Waals surface area (Å²) in [5.74, 6) is 0. The van der Waals surface area contributed by atoms with E-state index in [2.05, 4.69) is 181 Å². The Labute approximate surface area is 292 Å². The number of fused-ring (bicyclic) bond motifs is 7. The van der Waals surface area contributed by atoms with E-state index in [-0.39, 0.29) is 0 Å². The molecule has 0 amide bonds. The fourth-order valence-electron chi connectivity index (χ4n) is 7.42. The van der Waals surface area contributed by atoms with E-state index in [4.69, 9.17) is 0 Å². The predicted octanol–water partition coefficient (Wildman–Crippen LogP) is 14.4. The normalized spacial score (nSPS) is 11.7. The van der Waals surface area contributed by atoms with Gasteiger partial charge in [0.15, 0.2) is 0 Å². The third kappa shape index (κ3) is 4.66. The second-order valence-electron chi connectivity index (χ2n) is 12.5. The van der Waals surface area contributed by atoms with Crippen LogP contribution < -0.4 is 4.90 Å². The van der Waals surface area contributed by atoms with Gasteiger partial charge in [-0.1, -0.05) is 127 Å². The standard InChI is InChI=1S/C46H29NS2/c1-2-15-35-30(11-1)12-8-18-36(35)32-13-7-14-34(29-32)47(41-21-10-24-44-45(41)40-17-4-6-23-43(40)48-44)33-27-25-31(26-28-33)37-19-9-20-39-38-16-3-5-22-42(38)49-46(37)39/h1-29H. The summed E-state index contributed by atoms with van der Waals surface area (Å²) in [4.78, 5) is 2.44. The van der Waals surface area contributed by atoms with E-state index >= 15 is 0 Å². The van der Waals surface area contributed by atoms with Gasteiger partial charge in [-0.25, -0.2) is 0 Å². The fraction of sp³-hybridized carbons (Fsp3) is 0. The van der Waals surface area contributed by atoms with Gasteiger partial charge in [0.1, 0.15) is 0 Å². The molecule has 0 unspecified atom stereocenters. The summed E-state index contributed by atoms with van der Waals surface area (Å²) in [6.07, 6.45) is 0. The molecule has 0 bridgehead atoms. The van der Waals surface area contributed by atoms with Crippen molar-refractivity contribution in [3.63, 3.8) is 0 Å². The average Bonchev–Trinajstić information content (AvgIpc) is 3.74. The predicted molar refractivity (Wildman–Crippen MR) is 215 cm³/mol. The lowest BCUT2D eigenvalue weighted by Gasteiger charge is -2.27. The van der Waals surface area contributed by atoms with Crippen molar-refractivity contribution < 1.29 is 0 Å². The molecule has 2 aromatic heterocycles. The number of hydrogen-bond acceptors (Lipinski definition) is 3. The summed E-state index contributed by atoms with van der Waals surface area (Å²) in [7, 11) is 0. The van der Waals surface area contributed by atoms with Crippen LogP contribution in [0.5, 0.6) is 0 Å². The first kappa shape index (κ1) is 28.3. The Morgan fingerprint density at radius 2 is 1.00 bits per heavy atom. The Balaban J connectivity index is 1.17. The summed E-state index contributed by atoms with van der Waals surface area (Å²) in [6.45, 7) is 0. The van der Waals surface area contributed by atoms with Crippen LogP contribution >= 0.6 is 22.7 Å². The monoisotopic (exact) mass is 659 g/mol. The third-order valence-corrected chi connectivity index (χ3v) is 12.0. The first-order valence-corrected chi connectivity index (χ1v) is 18.2. The molecule has 8 aromatic carbocycles. The number of benzene rings is 8. The number of rotatable bonds is 5. The Morgan fingerprint density at radius 1 is 0.367 bits per heavy atom. The van der Waals surface area contributed by atoms with Crippen LogP contribution in [0, 0.1) is 0 Å². The largest absolute Gasteiger partial charge is 0.310 e. The van der Waals surface area contributed by atoms with Crippen molar-refractivity contribution in [2.45, 2.75) is 0 Å². The van der Waals surface area contributed by atoms with E-state index in [1.165, 1.54) is 79.1 Å². The van der Waals surface area contributed by atoms with Gasteiger partial charge < -0.3 is 4.90 Å². The van der Waals surface area contributed by atoms with Crippen LogP contribution in [-0.2, 0) is 0 Å². The quantitative estimate of drug-likeness (QED) is 0.178. The Morgan fingerprint density at radius 3 is 1.88 bits per heavy atom. The van der Waals surface area contributed by atoms with Crippen LogP contribution in [-0.4, -0.2) is 0 Å². The van der Waals surface area contributed by atoms with Crippen molar-refractivity contribution in [3.05, 3.63) is 176 Å². The Hall–Kier alpha value is -5.74. The molecule has 0 fully saturated rings. The average molecular weight is 660 g/mol. The van der Waals surface area contributed by atoms with Crippen molar-refractivity contribution in [2.24, 2.45) is 0 Å². The van der Waals surface area contributed by atoms with E-state index < -0.39 is 0 Å². The second-order valence-corrected chi connectivity index (χ2v) is 14.6. The smallest absolute Gasteiger partial charge is 0.0554 e. The molecule has 0 N–H and O–H groups in total. The molecule has 0 saturated heterocycles. The van der Waals surface area contributed by atoms with Gasteiger partial charge >= 0.3 is 0 Å². The molecule has 0 saturated carbocycles. The molecule has 3 heteroatoms. The summed E-state index contributed by atoms with van der Waals surface area (Å²) < 4.78 is 5.27. The van der Waals surface area contributed by atoms with Crippen molar-refractivity contribution in [3.8, 4) is 22.3 Å². The molecular weight excluding hydrogens is 631 g/mol. The minimum absolute atomic E-state index is 1.13. The zero-order valence-corrected chi connectivity index (χ0v) is 28.1. The van der Waals surface area contributed by atoms with Crippen molar-refractivity contribution in [1.82, 2.24) is 0 Å². The topological polar surface area (TPSA) is 3.24 Å². The molecule has 49 heavy (non-hydrogen) atoms. The lowest BCUT2D eigenvalue weighted by molar-refractivity contribution is 1.30. The molecule has 230 valence electrons. The van der Waals surface area contributed by atoms with Crippen LogP contribution in [0.3, 0.4) is 0 Å². The highest BCUT2D eigenvalue weighted by Gasteiger charge is 2.20. The summed E-state index contributed by atoms with van der Waals surface area (Å²) >= 11 is 3.74. The fourth-order valence-corrected chi connectivity index (χ4v) is 9.79. The van der Waals surface area contributed by atoms with Gasteiger partial charge in [-0.2, -0.15) is 0 Å². The molecule has 0 aliphatic heterocycles. The van der Waals surface area contributed by atoms with Crippen LogP contribution in [0.25, 0.3) is 73.4 Å². The summed E-state index contributed by atoms with van der Waals surface area (Å²) in [5, 5.41) is 7.75. The van der Waals surface area contributed by atoms with Gasteiger partial charge in [-0.05, 0) is 81.6 Å². The minimum Gasteiger partial charge on any atom is -0.310 e. The third-order valence-electron chi connectivity index (χ3n) is 9.67. The highest BCUT2D eigenvalue weighted by molar-refractivity contribution is 7.26. The lowest BCUT2D eigenvalue weighted by atomic mass is 9.97. The SMILES string of the molecule is c1cc(-c2cccc3ccccc23)cc(N(c2ccc(-c3cccc4c3sc3ccccc34)cc2)c2cccc3sc4ccccc4c23)c1. The molecule has 0 aliphatic carbocycles. The van der Waals surface area contributed by atoms with Gasteiger partial charge in [0, 0.05) is 51.7 Å². The second kappa shape index (κ2) is 11.5. The van der Waals surface area contributed by atoms with E-state index in [1.54, 1.807) is 0 Å². The van der Waals surface area contributed by atoms with Gasteiger partial charge in [-0.3, -0.25) is 0 Å². The Kier molecular flexibility index (Phi) is 6.61. The van der Waals surface area contributed by atoms with Crippen LogP contribution in [0.2, 0.25) is 0 Å². The lowest BCUT2D eigenvalue weighted by Crippen LogP contribution is -2.10. The molecule has 0 radical (unpaired) electrons. The maximum absolute atomic E-state index is 2.44. The van der Waals surface area contributed by atoms with Gasteiger partial charge in [-0.15, -0.1) is 22.7 Å². The molecule has 0 aliphatic rings. The first-order valence-electron chi connectivity index (χ1n) is 16.6. The first-order chi connectivity index (χ1) is 24.3. The summed E-state index contributed by atoms with van der Waals surface area (Å²) in [6, 6.07) is 64.4. The number of hydrogen-bond donors (Lipinski definition) is 0. The van der Waals surface area contributed by atoms with Crippen LogP contribution in [0.4, 0.5) is 17.1 Å². The van der Waals surface area contributed by atoms with Crippen molar-refractivity contribution in [2.75, 3.05) is 4.90 Å². The zero-order valence-electron chi connectivity index (χ0n) is 26.5. The molecule has 0 atom stereocenters. The van der Waals surface area contributed by atoms with Gasteiger partial charge in [0.05, 0.1) is 5.69 Å². The summed E-state index contributed by atoms with van der Waals surface area (Å²) in [5.41, 5.74) is 8.40. The van der Waals surface area contributed by atoms with Crippen LogP contribution in [0.15, 0.2) is 176 Å². The maximum Gasteiger partial charge on any atom is 0.0554 e. The van der Waals surface area contributed by atoms with Crippen molar-refractivity contribution >= 4 is 90.9 Å². The van der Waals surface area contributed by atoms with E-state index in [0.29, 0.717) is 0 Å². The van der Waals surface area contributed by atoms with Gasteiger partial charge in [0.25, 0.3) is 0 Å². The minimum atomic E-state index is 1.13. The molecule has 1 nitrogen and oxygen atoms in total. The van der Waals surface area contributed by atoms with Crippen LogP contribution in [0.1, 0.15) is 0 Å². The van der Waals surface area contributed by atoms with Gasteiger partial charge in [0.2, 0.25) is 0 Å². The molecule has 0 spiro atoms. The van der Waals surface area contributed by atoms with Crippen molar-refractivity contribution in [1.29, 1.82) is 0 Å². The molecule has 2 heterocycles. The molecule has 10 aromatic rings. The number of thiophene rings is 2. The van der Waals surface area contributed by atoms with E-state index in [0.717, 1.165) is 11.4 Å². The highest BCUT2D eigenvalue weighted by atomic mass is 32.1. The maximum atomic E-state index is 2.44. The number of nitrogens with zero attached hydrogens (tertiary/aromatic N) is 1.